The van der Waals surface area contributed by atoms with Crippen LogP contribution in [0.3, 0.4) is 0 Å². The summed E-state index contributed by atoms with van der Waals surface area (Å²) in [6.07, 6.45) is 0. The minimum atomic E-state index is -0.538. The molecule has 5 heteroatoms. The van der Waals surface area contributed by atoms with E-state index in [4.69, 9.17) is 15.9 Å². The van der Waals surface area contributed by atoms with Crippen molar-refractivity contribution in [2.75, 3.05) is 11.1 Å². The third kappa shape index (κ3) is 5.28. The van der Waals surface area contributed by atoms with Gasteiger partial charge in [0.25, 0.3) is 0 Å². The second kappa shape index (κ2) is 8.22. The summed E-state index contributed by atoms with van der Waals surface area (Å²) < 4.78 is 5.99. The molecular formula is C19H25N3OS. The molecule has 4 N–H and O–H groups in total. The van der Waals surface area contributed by atoms with Gasteiger partial charge in [-0.3, -0.25) is 5.41 Å². The molecule has 4 nitrogen and oxygen atoms in total. The molecular weight excluding hydrogens is 318 g/mol. The van der Waals surface area contributed by atoms with E-state index in [1.54, 1.807) is 0 Å². The van der Waals surface area contributed by atoms with Crippen molar-refractivity contribution in [3.63, 3.8) is 0 Å². The van der Waals surface area contributed by atoms with Crippen LogP contribution in [0.25, 0.3) is 0 Å². The second-order valence-corrected chi connectivity index (χ2v) is 7.37. The van der Waals surface area contributed by atoms with Crippen molar-refractivity contribution >= 4 is 22.6 Å². The summed E-state index contributed by atoms with van der Waals surface area (Å²) in [5, 5.41) is 11.4. The van der Waals surface area contributed by atoms with E-state index < -0.39 is 5.54 Å². The van der Waals surface area contributed by atoms with Gasteiger partial charge in [0.05, 0.1) is 0 Å². The second-order valence-electron chi connectivity index (χ2n) is 6.09. The number of amidine groups is 1. The largest absolute Gasteiger partial charge is 0.489 e. The highest BCUT2D eigenvalue weighted by atomic mass is 32.2. The highest BCUT2D eigenvalue weighted by Crippen LogP contribution is 2.31. The van der Waals surface area contributed by atoms with E-state index in [1.807, 2.05) is 69.3 Å². The minimum absolute atomic E-state index is 0.427. The van der Waals surface area contributed by atoms with Crippen molar-refractivity contribution < 1.29 is 4.74 Å². The molecule has 2 aromatic rings. The van der Waals surface area contributed by atoms with Gasteiger partial charge in [-0.1, -0.05) is 49.0 Å². The lowest BCUT2D eigenvalue weighted by Gasteiger charge is -2.24. The summed E-state index contributed by atoms with van der Waals surface area (Å²) in [4.78, 5) is 0. The van der Waals surface area contributed by atoms with Crippen LogP contribution in [0.1, 0.15) is 31.9 Å². The molecule has 0 fully saturated rings. The van der Waals surface area contributed by atoms with E-state index in [9.17, 15) is 0 Å². The molecule has 2 aromatic carbocycles. The fourth-order valence-electron chi connectivity index (χ4n) is 2.28. The molecule has 0 aliphatic carbocycles. The monoisotopic (exact) mass is 343 g/mol. The fraction of sp³-hybridized carbons (Fsp3) is 0.316. The number of anilines is 1. The number of ether oxygens (including phenoxy) is 1. The quantitative estimate of drug-likeness (QED) is 0.531. The van der Waals surface area contributed by atoms with Gasteiger partial charge in [0, 0.05) is 16.8 Å². The van der Waals surface area contributed by atoms with Gasteiger partial charge in [0.1, 0.15) is 12.4 Å². The van der Waals surface area contributed by atoms with Gasteiger partial charge in [-0.2, -0.15) is 0 Å². The Balaban J connectivity index is 2.19. The lowest BCUT2D eigenvalue weighted by Crippen LogP contribution is -2.29. The van der Waals surface area contributed by atoms with Crippen LogP contribution in [0.15, 0.2) is 48.5 Å². The molecule has 0 spiro atoms. The van der Waals surface area contributed by atoms with Crippen molar-refractivity contribution in [3.8, 4) is 5.75 Å². The third-order valence-electron chi connectivity index (χ3n) is 3.46. The number of nitrogens with two attached hydrogens (primary N) is 1. The first kappa shape index (κ1) is 18.4. The van der Waals surface area contributed by atoms with E-state index in [0.29, 0.717) is 11.8 Å². The van der Waals surface area contributed by atoms with Gasteiger partial charge in [-0.05, 0) is 43.4 Å². The molecule has 24 heavy (non-hydrogen) atoms. The lowest BCUT2D eigenvalue weighted by molar-refractivity contribution is 0.296. The molecule has 0 radical (unpaired) electrons. The predicted octanol–water partition coefficient (Wildman–Crippen LogP) is 4.56. The molecule has 2 rings (SSSR count). The Morgan fingerprint density at radius 2 is 1.92 bits per heavy atom. The Labute approximate surface area is 148 Å². The zero-order valence-corrected chi connectivity index (χ0v) is 15.2. The van der Waals surface area contributed by atoms with E-state index in [1.165, 1.54) is 11.8 Å². The molecule has 0 aliphatic heterocycles. The average molecular weight is 343 g/mol. The minimum Gasteiger partial charge on any atom is -0.489 e. The SMILES string of the molecule is CCSC(=N)Nc1ccc(OCc2ccccc2)c(C(C)(C)N)c1. The number of hydrogen-bond donors (Lipinski definition) is 3. The number of nitrogens with one attached hydrogen (secondary N) is 2. The van der Waals surface area contributed by atoms with Gasteiger partial charge in [0.2, 0.25) is 0 Å². The van der Waals surface area contributed by atoms with Crippen molar-refractivity contribution in [1.29, 1.82) is 5.41 Å². The summed E-state index contributed by atoms with van der Waals surface area (Å²) in [6.45, 7) is 6.43. The van der Waals surface area contributed by atoms with Gasteiger partial charge in [-0.25, -0.2) is 0 Å². The maximum Gasteiger partial charge on any atom is 0.158 e. The molecule has 0 bridgehead atoms. The van der Waals surface area contributed by atoms with Crippen LogP contribution in [0.2, 0.25) is 0 Å². The topological polar surface area (TPSA) is 71.1 Å². The maximum atomic E-state index is 7.89. The van der Waals surface area contributed by atoms with Crippen LogP contribution >= 0.6 is 11.8 Å². The zero-order chi connectivity index (χ0) is 17.6. The molecule has 0 aliphatic rings. The Bertz CT molecular complexity index is 681. The molecule has 0 atom stereocenters. The number of rotatable bonds is 6. The smallest absolute Gasteiger partial charge is 0.158 e. The average Bonchev–Trinajstić information content (AvgIpc) is 2.54. The van der Waals surface area contributed by atoms with E-state index in [-0.39, 0.29) is 0 Å². The standard InChI is InChI=1S/C19H25N3OS/c1-4-24-18(20)22-15-10-11-17(16(12-15)19(2,3)21)23-13-14-8-6-5-7-9-14/h5-12H,4,13,21H2,1-3H3,(H2,20,22). The first-order chi connectivity index (χ1) is 11.4. The van der Waals surface area contributed by atoms with Crippen LogP contribution in [-0.4, -0.2) is 10.9 Å². The number of benzene rings is 2. The predicted molar refractivity (Wildman–Crippen MR) is 104 cm³/mol. The summed E-state index contributed by atoms with van der Waals surface area (Å²) in [6, 6.07) is 15.8. The molecule has 0 saturated carbocycles. The van der Waals surface area contributed by atoms with Crippen LogP contribution in [0, 0.1) is 5.41 Å². The highest BCUT2D eigenvalue weighted by molar-refractivity contribution is 8.14. The van der Waals surface area contributed by atoms with E-state index in [2.05, 4.69) is 5.32 Å². The molecule has 0 heterocycles. The summed E-state index contributed by atoms with van der Waals surface area (Å²) >= 11 is 1.46. The maximum absolute atomic E-state index is 7.89. The van der Waals surface area contributed by atoms with Gasteiger partial charge >= 0.3 is 0 Å². The van der Waals surface area contributed by atoms with Crippen LogP contribution in [0.5, 0.6) is 5.75 Å². The van der Waals surface area contributed by atoms with Gasteiger partial charge in [0.15, 0.2) is 5.17 Å². The Morgan fingerprint density at radius 3 is 2.54 bits per heavy atom. The van der Waals surface area contributed by atoms with E-state index >= 15 is 0 Å². The first-order valence-corrected chi connectivity index (χ1v) is 8.97. The molecule has 128 valence electrons. The lowest BCUT2D eigenvalue weighted by atomic mass is 9.94. The molecule has 0 saturated heterocycles. The molecule has 0 aromatic heterocycles. The summed E-state index contributed by atoms with van der Waals surface area (Å²) in [5.74, 6) is 1.63. The molecule has 0 amide bonds. The van der Waals surface area contributed by atoms with Gasteiger partial charge in [-0.15, -0.1) is 0 Å². The Morgan fingerprint density at radius 1 is 1.21 bits per heavy atom. The highest BCUT2D eigenvalue weighted by Gasteiger charge is 2.20. The fourth-order valence-corrected chi connectivity index (χ4v) is 2.76. The number of thioether (sulfide) groups is 1. The summed E-state index contributed by atoms with van der Waals surface area (Å²) in [7, 11) is 0. The van der Waals surface area contributed by atoms with Crippen LogP contribution in [0.4, 0.5) is 5.69 Å². The zero-order valence-electron chi connectivity index (χ0n) is 14.4. The van der Waals surface area contributed by atoms with Crippen molar-refractivity contribution in [3.05, 3.63) is 59.7 Å². The normalized spacial score (nSPS) is 11.2. The van der Waals surface area contributed by atoms with Crippen molar-refractivity contribution in [2.45, 2.75) is 32.9 Å². The van der Waals surface area contributed by atoms with Crippen molar-refractivity contribution in [1.82, 2.24) is 0 Å². The van der Waals surface area contributed by atoms with Crippen LogP contribution < -0.4 is 15.8 Å². The summed E-state index contributed by atoms with van der Waals surface area (Å²) in [5.41, 5.74) is 8.66. The van der Waals surface area contributed by atoms with Crippen molar-refractivity contribution in [2.24, 2.45) is 5.73 Å². The van der Waals surface area contributed by atoms with Crippen LogP contribution in [-0.2, 0) is 12.1 Å². The van der Waals surface area contributed by atoms with Gasteiger partial charge < -0.3 is 15.8 Å². The number of hydrogen-bond acceptors (Lipinski definition) is 4. The first-order valence-electron chi connectivity index (χ1n) is 7.98. The molecule has 0 unspecified atom stereocenters. The Kier molecular flexibility index (Phi) is 6.29. The van der Waals surface area contributed by atoms with E-state index in [0.717, 1.165) is 28.3 Å². The Hall–Kier alpha value is -1.98. The third-order valence-corrected chi connectivity index (χ3v) is 4.14.